The minimum absolute atomic E-state index is 0.131. The molecule has 0 aliphatic rings. The predicted octanol–water partition coefficient (Wildman–Crippen LogP) is 2.76. The minimum Gasteiger partial charge on any atom is -0.355 e. The second-order valence-corrected chi connectivity index (χ2v) is 6.59. The topological polar surface area (TPSA) is 87.3 Å². The molecular weight excluding hydrogens is 302 g/mol. The Morgan fingerprint density at radius 2 is 1.50 bits per heavy atom. The number of sulfonamides is 1. The van der Waals surface area contributed by atoms with Crippen LogP contribution in [0.4, 0.5) is 22.7 Å². The van der Waals surface area contributed by atoms with Crippen molar-refractivity contribution in [2.24, 2.45) is 0 Å². The first kappa shape index (κ1) is 15.8. The zero-order chi connectivity index (χ0) is 16.2. The fourth-order valence-electron chi connectivity index (χ4n) is 1.88. The number of carbonyl (C=O) groups is 1. The van der Waals surface area contributed by atoms with E-state index in [2.05, 4.69) is 15.4 Å². The van der Waals surface area contributed by atoms with Gasteiger partial charge >= 0.3 is 0 Å². The molecule has 3 N–H and O–H groups in total. The molecule has 116 valence electrons. The summed E-state index contributed by atoms with van der Waals surface area (Å²) < 4.78 is 24.7. The van der Waals surface area contributed by atoms with Gasteiger partial charge in [-0.3, -0.25) is 9.52 Å². The summed E-state index contributed by atoms with van der Waals surface area (Å²) in [5, 5.41) is 5.89. The summed E-state index contributed by atoms with van der Waals surface area (Å²) in [4.78, 5) is 11.0. The average Bonchev–Trinajstić information content (AvgIpc) is 2.39. The smallest absolute Gasteiger partial charge is 0.229 e. The van der Waals surface area contributed by atoms with Gasteiger partial charge in [0.2, 0.25) is 15.9 Å². The lowest BCUT2D eigenvalue weighted by atomic mass is 10.2. The molecule has 0 bridgehead atoms. The van der Waals surface area contributed by atoms with Gasteiger partial charge in [0.25, 0.3) is 0 Å². The first-order valence-electron chi connectivity index (χ1n) is 6.54. The largest absolute Gasteiger partial charge is 0.355 e. The summed E-state index contributed by atoms with van der Waals surface area (Å²) in [6.07, 6.45) is 1.10. The molecule has 0 aliphatic heterocycles. The molecule has 0 aromatic heterocycles. The maximum absolute atomic E-state index is 11.1. The van der Waals surface area contributed by atoms with Crippen LogP contribution in [0, 0.1) is 0 Å². The van der Waals surface area contributed by atoms with E-state index in [9.17, 15) is 13.2 Å². The van der Waals surface area contributed by atoms with Crippen molar-refractivity contribution in [3.8, 4) is 0 Å². The fraction of sp³-hybridized carbons (Fsp3) is 0.133. The van der Waals surface area contributed by atoms with E-state index in [1.54, 1.807) is 30.3 Å². The van der Waals surface area contributed by atoms with Crippen LogP contribution in [0.25, 0.3) is 0 Å². The molecule has 0 spiro atoms. The summed E-state index contributed by atoms with van der Waals surface area (Å²) >= 11 is 0. The lowest BCUT2D eigenvalue weighted by Gasteiger charge is -2.10. The monoisotopic (exact) mass is 319 g/mol. The maximum atomic E-state index is 11.1. The third kappa shape index (κ3) is 5.10. The van der Waals surface area contributed by atoms with E-state index in [1.807, 2.05) is 18.2 Å². The maximum Gasteiger partial charge on any atom is 0.229 e. The van der Waals surface area contributed by atoms with Crippen LogP contribution in [0.1, 0.15) is 6.92 Å². The number of nitrogens with one attached hydrogen (secondary N) is 3. The highest BCUT2D eigenvalue weighted by atomic mass is 32.2. The molecular formula is C15H17N3O3S. The van der Waals surface area contributed by atoms with Crippen LogP contribution in [-0.4, -0.2) is 20.6 Å². The number of anilines is 4. The Labute approximate surface area is 129 Å². The van der Waals surface area contributed by atoms with E-state index >= 15 is 0 Å². The third-order valence-corrected chi connectivity index (χ3v) is 3.27. The molecule has 0 heterocycles. The lowest BCUT2D eigenvalue weighted by Crippen LogP contribution is -2.09. The van der Waals surface area contributed by atoms with Crippen LogP contribution in [0.2, 0.25) is 0 Å². The summed E-state index contributed by atoms with van der Waals surface area (Å²) in [6.45, 7) is 1.45. The second kappa shape index (κ2) is 6.48. The van der Waals surface area contributed by atoms with Crippen molar-refractivity contribution in [3.63, 3.8) is 0 Å². The quantitative estimate of drug-likeness (QED) is 0.791. The third-order valence-electron chi connectivity index (χ3n) is 2.66. The molecule has 1 amide bonds. The van der Waals surface area contributed by atoms with Crippen molar-refractivity contribution in [2.75, 3.05) is 21.6 Å². The molecule has 0 fully saturated rings. The van der Waals surface area contributed by atoms with E-state index in [4.69, 9.17) is 0 Å². The van der Waals surface area contributed by atoms with Gasteiger partial charge in [-0.15, -0.1) is 0 Å². The van der Waals surface area contributed by atoms with Crippen LogP contribution in [0.15, 0.2) is 48.5 Å². The van der Waals surface area contributed by atoms with Crippen molar-refractivity contribution in [3.05, 3.63) is 48.5 Å². The van der Waals surface area contributed by atoms with Gasteiger partial charge < -0.3 is 10.6 Å². The van der Waals surface area contributed by atoms with E-state index in [0.29, 0.717) is 11.4 Å². The molecule has 0 atom stereocenters. The van der Waals surface area contributed by atoms with E-state index in [1.165, 1.54) is 6.92 Å². The SMILES string of the molecule is CC(=O)Nc1cccc(Nc2ccc(NS(C)(=O)=O)cc2)c1. The molecule has 7 heteroatoms. The first-order chi connectivity index (χ1) is 10.3. The van der Waals surface area contributed by atoms with Gasteiger partial charge in [0.05, 0.1) is 6.26 Å². The van der Waals surface area contributed by atoms with Gasteiger partial charge in [-0.1, -0.05) is 6.07 Å². The van der Waals surface area contributed by atoms with E-state index < -0.39 is 10.0 Å². The number of rotatable bonds is 5. The molecule has 0 unspecified atom stereocenters. The highest BCUT2D eigenvalue weighted by Crippen LogP contribution is 2.21. The van der Waals surface area contributed by atoms with Gasteiger partial charge in [0.15, 0.2) is 0 Å². The molecule has 0 saturated heterocycles. The molecule has 0 aliphatic carbocycles. The zero-order valence-corrected chi connectivity index (χ0v) is 13.1. The first-order valence-corrected chi connectivity index (χ1v) is 8.43. The van der Waals surface area contributed by atoms with Gasteiger partial charge in [-0.25, -0.2) is 8.42 Å². The van der Waals surface area contributed by atoms with Gasteiger partial charge in [0, 0.05) is 29.7 Å². The number of amides is 1. The Hall–Kier alpha value is -2.54. The Morgan fingerprint density at radius 1 is 0.909 bits per heavy atom. The van der Waals surface area contributed by atoms with Crippen LogP contribution in [0.3, 0.4) is 0 Å². The van der Waals surface area contributed by atoms with Crippen molar-refractivity contribution in [1.82, 2.24) is 0 Å². The zero-order valence-electron chi connectivity index (χ0n) is 12.3. The predicted molar refractivity (Wildman–Crippen MR) is 88.9 cm³/mol. The number of hydrogen-bond acceptors (Lipinski definition) is 4. The summed E-state index contributed by atoms with van der Waals surface area (Å²) in [7, 11) is -3.28. The normalized spacial score (nSPS) is 10.8. The number of benzene rings is 2. The highest BCUT2D eigenvalue weighted by Gasteiger charge is 2.02. The van der Waals surface area contributed by atoms with E-state index in [-0.39, 0.29) is 5.91 Å². The molecule has 6 nitrogen and oxygen atoms in total. The molecule has 2 aromatic rings. The Kier molecular flexibility index (Phi) is 4.67. The van der Waals surface area contributed by atoms with E-state index in [0.717, 1.165) is 17.6 Å². The second-order valence-electron chi connectivity index (χ2n) is 4.84. The lowest BCUT2D eigenvalue weighted by molar-refractivity contribution is -0.114. The number of hydrogen-bond donors (Lipinski definition) is 3. The summed E-state index contributed by atoms with van der Waals surface area (Å²) in [6, 6.07) is 14.2. The molecule has 2 aromatic carbocycles. The van der Waals surface area contributed by atoms with Crippen LogP contribution < -0.4 is 15.4 Å². The molecule has 22 heavy (non-hydrogen) atoms. The minimum atomic E-state index is -3.28. The van der Waals surface area contributed by atoms with Crippen LogP contribution >= 0.6 is 0 Å². The van der Waals surface area contributed by atoms with Crippen molar-refractivity contribution >= 4 is 38.7 Å². The molecule has 2 rings (SSSR count). The van der Waals surface area contributed by atoms with Gasteiger partial charge in [0.1, 0.15) is 0 Å². The average molecular weight is 319 g/mol. The molecule has 0 saturated carbocycles. The standard InChI is InChI=1S/C15H17N3O3S/c1-11(19)16-14-4-3-5-15(10-14)17-12-6-8-13(9-7-12)18-22(2,20)21/h3-10,17-18H,1-2H3,(H,16,19). The fourth-order valence-corrected chi connectivity index (χ4v) is 2.44. The Balaban J connectivity index is 2.09. The van der Waals surface area contributed by atoms with Crippen molar-refractivity contribution in [2.45, 2.75) is 6.92 Å². The molecule has 0 radical (unpaired) electrons. The number of carbonyl (C=O) groups excluding carboxylic acids is 1. The van der Waals surface area contributed by atoms with Crippen molar-refractivity contribution < 1.29 is 13.2 Å². The Bertz CT molecular complexity index is 771. The highest BCUT2D eigenvalue weighted by molar-refractivity contribution is 7.92. The van der Waals surface area contributed by atoms with Gasteiger partial charge in [-0.05, 0) is 42.5 Å². The Morgan fingerprint density at radius 3 is 2.09 bits per heavy atom. The van der Waals surface area contributed by atoms with Crippen LogP contribution in [-0.2, 0) is 14.8 Å². The van der Waals surface area contributed by atoms with Crippen LogP contribution in [0.5, 0.6) is 0 Å². The summed E-state index contributed by atoms with van der Waals surface area (Å²) in [5.74, 6) is -0.131. The van der Waals surface area contributed by atoms with Crippen molar-refractivity contribution in [1.29, 1.82) is 0 Å². The van der Waals surface area contributed by atoms with Gasteiger partial charge in [-0.2, -0.15) is 0 Å². The summed E-state index contributed by atoms with van der Waals surface area (Å²) in [5.41, 5.74) is 2.82.